The Morgan fingerprint density at radius 3 is 2.22 bits per heavy atom. The van der Waals surface area contributed by atoms with Crippen molar-refractivity contribution in [1.29, 1.82) is 0 Å². The third-order valence-corrected chi connectivity index (χ3v) is 10.6. The Bertz CT molecular complexity index is 1800. The standard InChI is InChI=1S/C39H43N6O4/c1-3-29(2)45-26-35(45)25-44(38(45)46)34-11-9-32(10-12-34)42-19-21-43(22-20-42)33-13-15-36(16-14-33)47-27-37-28-48-39(49-37,31-7-5-4-6-8-31)23-30-17-18-40-41-24-30/h4-18,24-25,29,37H,3,19-23,26-28H2,1-2H3/q+1. The monoisotopic (exact) mass is 659 g/mol. The van der Waals surface area contributed by atoms with Crippen molar-refractivity contribution >= 4 is 23.1 Å². The molecule has 0 bridgehead atoms. The number of aromatic nitrogens is 2. The summed E-state index contributed by atoms with van der Waals surface area (Å²) in [6.07, 6.45) is 6.81. The lowest BCUT2D eigenvalue weighted by molar-refractivity contribution is -0.716. The van der Waals surface area contributed by atoms with Crippen LogP contribution in [-0.2, 0) is 21.7 Å². The van der Waals surface area contributed by atoms with E-state index in [2.05, 4.69) is 76.4 Å². The zero-order chi connectivity index (χ0) is 33.4. The van der Waals surface area contributed by atoms with Crippen LogP contribution in [0.25, 0.3) is 0 Å². The minimum absolute atomic E-state index is 0.183. The molecule has 4 aliphatic rings. The summed E-state index contributed by atoms with van der Waals surface area (Å²) in [5, 5.41) is 7.93. The molecular weight excluding hydrogens is 616 g/mol. The first kappa shape index (κ1) is 31.5. The van der Waals surface area contributed by atoms with E-state index >= 15 is 0 Å². The Hall–Kier alpha value is -4.77. The number of anilines is 3. The van der Waals surface area contributed by atoms with Gasteiger partial charge in [-0.05, 0) is 73.5 Å². The van der Waals surface area contributed by atoms with Gasteiger partial charge >= 0.3 is 6.03 Å². The summed E-state index contributed by atoms with van der Waals surface area (Å²) < 4.78 is 19.6. The van der Waals surface area contributed by atoms with Crippen LogP contribution in [0.5, 0.6) is 5.75 Å². The number of quaternary nitrogens is 1. The first-order valence-electron chi connectivity index (χ1n) is 17.4. The number of amides is 2. The number of carbonyl (C=O) groups is 1. The summed E-state index contributed by atoms with van der Waals surface area (Å²) in [5.74, 6) is -0.0901. The van der Waals surface area contributed by atoms with Crippen molar-refractivity contribution in [1.82, 2.24) is 10.2 Å². The van der Waals surface area contributed by atoms with E-state index in [-0.39, 0.29) is 12.1 Å². The maximum Gasteiger partial charge on any atom is 0.433 e. The Balaban J connectivity index is 0.832. The zero-order valence-corrected chi connectivity index (χ0v) is 28.1. The maximum atomic E-state index is 13.3. The largest absolute Gasteiger partial charge is 0.491 e. The van der Waals surface area contributed by atoms with Crippen LogP contribution in [0.1, 0.15) is 31.4 Å². The van der Waals surface area contributed by atoms with Gasteiger partial charge in [-0.2, -0.15) is 14.7 Å². The van der Waals surface area contributed by atoms with Crippen molar-refractivity contribution in [3.63, 3.8) is 0 Å². The molecule has 8 rings (SSSR count). The smallest absolute Gasteiger partial charge is 0.433 e. The lowest BCUT2D eigenvalue weighted by atomic mass is 9.99. The first-order valence-corrected chi connectivity index (χ1v) is 17.4. The van der Waals surface area contributed by atoms with E-state index in [1.54, 1.807) is 12.4 Å². The normalized spacial score (nSPS) is 25.3. The fourth-order valence-electron chi connectivity index (χ4n) is 7.44. The van der Waals surface area contributed by atoms with Crippen molar-refractivity contribution in [2.24, 2.45) is 0 Å². The summed E-state index contributed by atoms with van der Waals surface area (Å²) in [7, 11) is 0. The Kier molecular flexibility index (Phi) is 8.31. The van der Waals surface area contributed by atoms with Crippen LogP contribution in [0, 0.1) is 0 Å². The van der Waals surface area contributed by atoms with Crippen molar-refractivity contribution < 1.29 is 23.5 Å². The van der Waals surface area contributed by atoms with Gasteiger partial charge in [0, 0.05) is 55.7 Å². The highest BCUT2D eigenvalue weighted by Crippen LogP contribution is 2.47. The Morgan fingerprint density at radius 2 is 1.57 bits per heavy atom. The molecule has 4 atom stereocenters. The molecule has 3 saturated heterocycles. The number of benzene rings is 3. The van der Waals surface area contributed by atoms with Gasteiger partial charge < -0.3 is 24.0 Å². The van der Waals surface area contributed by atoms with Gasteiger partial charge in [0.2, 0.25) is 0 Å². The zero-order valence-electron chi connectivity index (χ0n) is 28.1. The van der Waals surface area contributed by atoms with E-state index in [1.165, 1.54) is 17.1 Å². The number of ether oxygens (including phenoxy) is 3. The van der Waals surface area contributed by atoms with Gasteiger partial charge in [0.25, 0.3) is 0 Å². The molecule has 10 nitrogen and oxygen atoms in total. The summed E-state index contributed by atoms with van der Waals surface area (Å²) >= 11 is 0. The predicted octanol–water partition coefficient (Wildman–Crippen LogP) is 6.10. The molecule has 252 valence electrons. The second-order valence-corrected chi connectivity index (χ2v) is 13.4. The summed E-state index contributed by atoms with van der Waals surface area (Å²) in [6.45, 7) is 9.74. The molecule has 3 aromatic carbocycles. The predicted molar refractivity (Wildman–Crippen MR) is 188 cm³/mol. The molecule has 0 spiro atoms. The average molecular weight is 660 g/mol. The maximum absolute atomic E-state index is 13.3. The molecule has 49 heavy (non-hydrogen) atoms. The molecule has 3 fully saturated rings. The van der Waals surface area contributed by atoms with E-state index in [0.717, 1.165) is 61.7 Å². The van der Waals surface area contributed by atoms with Crippen LogP contribution in [0.15, 0.2) is 109 Å². The fraction of sp³-hybridized carbons (Fsp3) is 0.359. The van der Waals surface area contributed by atoms with Gasteiger partial charge in [-0.3, -0.25) is 0 Å². The van der Waals surface area contributed by atoms with E-state index in [1.807, 2.05) is 53.4 Å². The van der Waals surface area contributed by atoms with E-state index in [4.69, 9.17) is 14.2 Å². The van der Waals surface area contributed by atoms with E-state index in [9.17, 15) is 4.79 Å². The number of nitrogens with zero attached hydrogens (tertiary/aromatic N) is 6. The van der Waals surface area contributed by atoms with Crippen LogP contribution < -0.4 is 19.4 Å². The third-order valence-electron chi connectivity index (χ3n) is 10.6. The van der Waals surface area contributed by atoms with Crippen LogP contribution >= 0.6 is 0 Å². The van der Waals surface area contributed by atoms with Crippen molar-refractivity contribution in [3.8, 4) is 5.75 Å². The third kappa shape index (κ3) is 5.94. The number of hydrogen-bond acceptors (Lipinski definition) is 8. The number of carbonyl (C=O) groups excluding carboxylic acids is 1. The molecule has 10 heteroatoms. The van der Waals surface area contributed by atoms with Gasteiger partial charge in [-0.25, -0.2) is 9.69 Å². The van der Waals surface area contributed by atoms with Crippen molar-refractivity contribution in [2.75, 3.05) is 60.6 Å². The summed E-state index contributed by atoms with van der Waals surface area (Å²) in [4.78, 5) is 20.0. The number of rotatable bonds is 11. The molecule has 0 saturated carbocycles. The molecule has 5 heterocycles. The number of fused-ring (bicyclic) bond motifs is 1. The highest BCUT2D eigenvalue weighted by atomic mass is 16.8. The molecule has 4 unspecified atom stereocenters. The molecule has 2 amide bonds. The van der Waals surface area contributed by atoms with Crippen LogP contribution in [0.2, 0.25) is 0 Å². The van der Waals surface area contributed by atoms with E-state index in [0.29, 0.717) is 30.2 Å². The highest BCUT2D eigenvalue weighted by Gasteiger charge is 2.66. The molecule has 4 aromatic rings. The summed E-state index contributed by atoms with van der Waals surface area (Å²) in [6, 6.07) is 29.3. The van der Waals surface area contributed by atoms with Gasteiger partial charge in [0.1, 0.15) is 18.5 Å². The quantitative estimate of drug-likeness (QED) is 0.141. The number of hydrogen-bond donors (Lipinski definition) is 0. The summed E-state index contributed by atoms with van der Waals surface area (Å²) in [5.41, 5.74) is 6.52. The minimum Gasteiger partial charge on any atom is -0.491 e. The first-order chi connectivity index (χ1) is 24.0. The second-order valence-electron chi connectivity index (χ2n) is 13.4. The molecular formula is C39H43N6O4+. The topological polar surface area (TPSA) is 80.3 Å². The Labute approximate surface area is 287 Å². The van der Waals surface area contributed by atoms with Crippen molar-refractivity contribution in [2.45, 2.75) is 44.6 Å². The minimum atomic E-state index is -0.896. The van der Waals surface area contributed by atoms with Gasteiger partial charge in [0.15, 0.2) is 18.0 Å². The van der Waals surface area contributed by atoms with Crippen molar-refractivity contribution in [3.05, 3.63) is 120 Å². The van der Waals surface area contributed by atoms with Gasteiger partial charge in [-0.15, -0.1) is 0 Å². The lowest BCUT2D eigenvalue weighted by Gasteiger charge is -2.37. The average Bonchev–Trinajstić information content (AvgIpc) is 3.64. The lowest BCUT2D eigenvalue weighted by Crippen LogP contribution is -2.46. The fourth-order valence-corrected chi connectivity index (χ4v) is 7.44. The number of piperazine rings is 1. The van der Waals surface area contributed by atoms with Crippen LogP contribution in [-0.4, -0.2) is 78.8 Å². The SMILES string of the molecule is CCC(C)[N+]12CC1=CN(c1ccc(N3CCN(c4ccc(OCC5COC(Cc6ccnnc6)(c6ccccc6)O5)cc4)CC3)cc1)C2=O. The van der Waals surface area contributed by atoms with Gasteiger partial charge in [-0.1, -0.05) is 37.3 Å². The molecule has 0 radical (unpaired) electrons. The second kappa shape index (κ2) is 12.9. The molecule has 0 N–H and O–H groups in total. The van der Waals surface area contributed by atoms with E-state index < -0.39 is 5.79 Å². The Morgan fingerprint density at radius 1 is 0.898 bits per heavy atom. The molecule has 1 aromatic heterocycles. The highest BCUT2D eigenvalue weighted by molar-refractivity contribution is 5.94. The molecule has 0 aliphatic carbocycles. The molecule has 4 aliphatic heterocycles. The number of urea groups is 1. The van der Waals surface area contributed by atoms with Crippen LogP contribution in [0.4, 0.5) is 21.9 Å². The van der Waals surface area contributed by atoms with Crippen LogP contribution in [0.3, 0.4) is 0 Å². The van der Waals surface area contributed by atoms with Gasteiger partial charge in [0.05, 0.1) is 30.7 Å².